The normalized spacial score (nSPS) is 13.7. The zero-order valence-electron chi connectivity index (χ0n) is 24.6. The van der Waals surface area contributed by atoms with E-state index in [9.17, 15) is 60.0 Å². The van der Waals surface area contributed by atoms with Gasteiger partial charge >= 0.3 is 0 Å². The Labute approximate surface area is 262 Å². The van der Waals surface area contributed by atoms with Gasteiger partial charge in [0.15, 0.2) is 0 Å². The fourth-order valence-electron chi connectivity index (χ4n) is 4.06. The number of anilines is 2. The maximum Gasteiger partial charge on any atom is 0.252 e. The van der Waals surface area contributed by atoms with E-state index in [1.807, 2.05) is 0 Å². The Morgan fingerprint density at radius 3 is 0.848 bits per heavy atom. The SMILES string of the molecule is Nc1cc(C(=O)NCC(O)CO)c(-c2c(C(=O)NCC(O)CO)cc(N)cc2C(=O)NCC(O)CO)c(C(=O)NCC(O)CO)c1. The zero-order chi connectivity index (χ0) is 34.6. The average Bonchev–Trinajstić information content (AvgIpc) is 3.05. The van der Waals surface area contributed by atoms with E-state index in [1.165, 1.54) is 0 Å². The van der Waals surface area contributed by atoms with E-state index in [0.29, 0.717) is 0 Å². The fourth-order valence-corrected chi connectivity index (χ4v) is 4.06. The number of hydrogen-bond donors (Lipinski definition) is 14. The van der Waals surface area contributed by atoms with E-state index in [4.69, 9.17) is 11.5 Å². The molecule has 2 aromatic carbocycles. The van der Waals surface area contributed by atoms with Crippen LogP contribution in [0.25, 0.3) is 11.1 Å². The molecule has 0 aliphatic carbocycles. The molecule has 254 valence electrons. The minimum absolute atomic E-state index is 0.144. The van der Waals surface area contributed by atoms with Crippen molar-refractivity contribution in [2.24, 2.45) is 0 Å². The van der Waals surface area contributed by atoms with Gasteiger partial charge < -0.3 is 73.6 Å². The van der Waals surface area contributed by atoms with Gasteiger partial charge in [-0.15, -0.1) is 0 Å². The van der Waals surface area contributed by atoms with Crippen molar-refractivity contribution in [3.63, 3.8) is 0 Å². The number of carbonyl (C=O) groups excluding carboxylic acids is 4. The molecule has 0 aliphatic heterocycles. The number of rotatable bonds is 17. The Hall–Kier alpha value is -4.40. The van der Waals surface area contributed by atoms with E-state index < -0.39 is 123 Å². The molecular weight excluding hydrogens is 612 g/mol. The van der Waals surface area contributed by atoms with Gasteiger partial charge in [0.25, 0.3) is 23.6 Å². The molecule has 0 aromatic heterocycles. The van der Waals surface area contributed by atoms with Crippen LogP contribution >= 0.6 is 0 Å². The first kappa shape index (κ1) is 37.8. The molecule has 16 N–H and O–H groups in total. The Morgan fingerprint density at radius 1 is 0.478 bits per heavy atom. The third kappa shape index (κ3) is 10.3. The highest BCUT2D eigenvalue weighted by Gasteiger charge is 2.30. The largest absolute Gasteiger partial charge is 0.399 e. The van der Waals surface area contributed by atoms with Gasteiger partial charge in [-0.3, -0.25) is 19.2 Å². The smallest absolute Gasteiger partial charge is 0.252 e. The maximum atomic E-state index is 13.5. The van der Waals surface area contributed by atoms with Crippen molar-refractivity contribution in [3.05, 3.63) is 46.5 Å². The predicted octanol–water partition coefficient (Wildman–Crippen LogP) is -5.15. The van der Waals surface area contributed by atoms with Gasteiger partial charge in [0.05, 0.1) is 73.1 Å². The highest BCUT2D eigenvalue weighted by molar-refractivity contribution is 6.17. The van der Waals surface area contributed by atoms with Crippen molar-refractivity contribution in [3.8, 4) is 11.1 Å². The number of nitrogens with one attached hydrogen (secondary N) is 4. The molecule has 0 aliphatic rings. The van der Waals surface area contributed by atoms with Gasteiger partial charge in [0.1, 0.15) is 0 Å². The van der Waals surface area contributed by atoms with Crippen LogP contribution < -0.4 is 32.7 Å². The number of nitrogen functional groups attached to an aromatic ring is 2. The van der Waals surface area contributed by atoms with E-state index in [-0.39, 0.29) is 22.5 Å². The van der Waals surface area contributed by atoms with Crippen LogP contribution in [0.4, 0.5) is 11.4 Å². The van der Waals surface area contributed by atoms with E-state index in [2.05, 4.69) is 21.3 Å². The van der Waals surface area contributed by atoms with Gasteiger partial charge in [0.2, 0.25) is 0 Å². The lowest BCUT2D eigenvalue weighted by molar-refractivity contribution is 0.0792. The minimum atomic E-state index is -1.38. The third-order valence-corrected chi connectivity index (χ3v) is 6.39. The number of hydrogen-bond acceptors (Lipinski definition) is 14. The van der Waals surface area contributed by atoms with Crippen molar-refractivity contribution in [1.29, 1.82) is 0 Å². The molecule has 0 heterocycles. The molecule has 46 heavy (non-hydrogen) atoms. The molecule has 0 spiro atoms. The fraction of sp³-hybridized carbons (Fsp3) is 0.429. The molecule has 4 atom stereocenters. The Bertz CT molecular complexity index is 1190. The summed E-state index contributed by atoms with van der Waals surface area (Å²) < 4.78 is 0. The monoisotopic (exact) mass is 652 g/mol. The molecule has 0 radical (unpaired) electrons. The molecule has 4 amide bonds. The third-order valence-electron chi connectivity index (χ3n) is 6.39. The average molecular weight is 653 g/mol. The van der Waals surface area contributed by atoms with Crippen molar-refractivity contribution < 1.29 is 60.0 Å². The topological polar surface area (TPSA) is 330 Å². The second kappa shape index (κ2) is 17.9. The van der Waals surface area contributed by atoms with Crippen molar-refractivity contribution in [2.75, 3.05) is 64.1 Å². The summed E-state index contributed by atoms with van der Waals surface area (Å²) in [5, 5.41) is 85.4. The molecule has 18 heteroatoms. The molecule has 0 saturated heterocycles. The number of carbonyl (C=O) groups is 4. The number of aliphatic hydroxyl groups is 8. The lowest BCUT2D eigenvalue weighted by Gasteiger charge is -2.22. The number of aliphatic hydroxyl groups excluding tert-OH is 8. The number of amides is 4. The summed E-state index contributed by atoms with van der Waals surface area (Å²) in [5.41, 5.74) is 9.50. The quantitative estimate of drug-likeness (QED) is 0.0711. The van der Waals surface area contributed by atoms with E-state index >= 15 is 0 Å². The summed E-state index contributed by atoms with van der Waals surface area (Å²) in [4.78, 5) is 54.1. The molecule has 0 bridgehead atoms. The van der Waals surface area contributed by atoms with Gasteiger partial charge in [-0.25, -0.2) is 0 Å². The summed E-state index contributed by atoms with van der Waals surface area (Å²) in [6.07, 6.45) is -5.53. The van der Waals surface area contributed by atoms with Crippen LogP contribution in [0.1, 0.15) is 41.4 Å². The van der Waals surface area contributed by atoms with E-state index in [0.717, 1.165) is 24.3 Å². The lowest BCUT2D eigenvalue weighted by atomic mass is 9.85. The van der Waals surface area contributed by atoms with Crippen LogP contribution in [0.2, 0.25) is 0 Å². The number of benzene rings is 2. The molecule has 2 rings (SSSR count). The van der Waals surface area contributed by atoms with Crippen LogP contribution in [-0.4, -0.2) is 142 Å². The van der Waals surface area contributed by atoms with Crippen LogP contribution in [0.5, 0.6) is 0 Å². The molecule has 0 saturated carbocycles. The molecule has 18 nitrogen and oxygen atoms in total. The predicted molar refractivity (Wildman–Crippen MR) is 162 cm³/mol. The standard InChI is InChI=1S/C28H40N6O12/c29-13-1-19(25(43)31-5-15(39)9-35)23(20(2-13)26(44)32-6-16(40)10-36)24-21(27(45)33-7-17(41)11-37)3-14(30)4-22(24)28(46)34-8-18(42)12-38/h1-4,15-18,35-42H,5-12,29-30H2,(H,31,43)(H,32,44)(H,33,45)(H,34,46). The first-order valence-corrected chi connectivity index (χ1v) is 13.9. The highest BCUT2D eigenvalue weighted by Crippen LogP contribution is 2.37. The first-order chi connectivity index (χ1) is 21.8. The summed E-state index contributed by atoms with van der Waals surface area (Å²) in [6.45, 7) is -4.70. The molecule has 0 fully saturated rings. The van der Waals surface area contributed by atoms with Crippen molar-refractivity contribution in [2.45, 2.75) is 24.4 Å². The van der Waals surface area contributed by atoms with Crippen LogP contribution in [0.15, 0.2) is 24.3 Å². The minimum Gasteiger partial charge on any atom is -0.399 e. The Balaban J connectivity index is 2.98. The number of nitrogens with two attached hydrogens (primary N) is 2. The van der Waals surface area contributed by atoms with Gasteiger partial charge in [0, 0.05) is 48.7 Å². The summed E-state index contributed by atoms with van der Waals surface area (Å²) in [6, 6.07) is 4.44. The molecular formula is C28H40N6O12. The maximum absolute atomic E-state index is 13.5. The summed E-state index contributed by atoms with van der Waals surface area (Å²) >= 11 is 0. The van der Waals surface area contributed by atoms with Crippen molar-refractivity contribution >= 4 is 35.0 Å². The summed E-state index contributed by atoms with van der Waals surface area (Å²) in [7, 11) is 0. The van der Waals surface area contributed by atoms with Gasteiger partial charge in [-0.1, -0.05) is 0 Å². The second-order valence-electron chi connectivity index (χ2n) is 10.2. The van der Waals surface area contributed by atoms with Crippen molar-refractivity contribution in [1.82, 2.24) is 21.3 Å². The van der Waals surface area contributed by atoms with Gasteiger partial charge in [-0.05, 0) is 24.3 Å². The highest BCUT2D eigenvalue weighted by atomic mass is 16.3. The summed E-state index contributed by atoms with van der Waals surface area (Å²) in [5.74, 6) is -3.89. The van der Waals surface area contributed by atoms with Gasteiger partial charge in [-0.2, -0.15) is 0 Å². The Kier molecular flexibility index (Phi) is 14.7. The van der Waals surface area contributed by atoms with Crippen LogP contribution in [0, 0.1) is 0 Å². The molecule has 2 aromatic rings. The van der Waals surface area contributed by atoms with Crippen LogP contribution in [-0.2, 0) is 0 Å². The zero-order valence-corrected chi connectivity index (χ0v) is 24.6. The second-order valence-corrected chi connectivity index (χ2v) is 10.2. The van der Waals surface area contributed by atoms with Crippen LogP contribution in [0.3, 0.4) is 0 Å². The lowest BCUT2D eigenvalue weighted by Crippen LogP contribution is -2.37. The Morgan fingerprint density at radius 2 is 0.674 bits per heavy atom. The van der Waals surface area contributed by atoms with E-state index in [1.54, 1.807) is 0 Å². The first-order valence-electron chi connectivity index (χ1n) is 13.9. The molecule has 4 unspecified atom stereocenters.